The fraction of sp³-hybridized carbons (Fsp3) is 0.294. The maximum absolute atomic E-state index is 9.68. The zero-order valence-electron chi connectivity index (χ0n) is 11.3. The standard InChI is InChI=1S/C17H21NO/c1-14(15-8-3-2-4-9-15)18-13-7-11-16-10-5-6-12-17(16)19/h2-6,8-10,12,14,18-19H,7,11,13H2,1H3/t14-/m1/s1. The van der Waals surface area contributed by atoms with Gasteiger partial charge in [-0.05, 0) is 43.5 Å². The number of phenols is 1. The lowest BCUT2D eigenvalue weighted by Gasteiger charge is -2.14. The van der Waals surface area contributed by atoms with Crippen molar-refractivity contribution < 1.29 is 5.11 Å². The molecule has 2 aromatic carbocycles. The Morgan fingerprint density at radius 2 is 1.68 bits per heavy atom. The highest BCUT2D eigenvalue weighted by Crippen LogP contribution is 2.17. The van der Waals surface area contributed by atoms with Crippen LogP contribution in [0.1, 0.15) is 30.5 Å². The number of phenolic OH excluding ortho intramolecular Hbond substituents is 1. The van der Waals surface area contributed by atoms with E-state index in [1.807, 2.05) is 24.3 Å². The van der Waals surface area contributed by atoms with Gasteiger partial charge in [-0.1, -0.05) is 48.5 Å². The lowest BCUT2D eigenvalue weighted by molar-refractivity contribution is 0.465. The SMILES string of the molecule is C[C@@H](NCCCc1ccccc1O)c1ccccc1. The summed E-state index contributed by atoms with van der Waals surface area (Å²) >= 11 is 0. The van der Waals surface area contributed by atoms with Crippen LogP contribution in [0.15, 0.2) is 54.6 Å². The van der Waals surface area contributed by atoms with Crippen molar-refractivity contribution in [2.45, 2.75) is 25.8 Å². The maximum atomic E-state index is 9.68. The van der Waals surface area contributed by atoms with Gasteiger partial charge in [0.25, 0.3) is 0 Å². The zero-order chi connectivity index (χ0) is 13.5. The molecule has 1 atom stereocenters. The van der Waals surface area contributed by atoms with Crippen LogP contribution in [0.3, 0.4) is 0 Å². The van der Waals surface area contributed by atoms with Crippen LogP contribution in [0, 0.1) is 0 Å². The minimum absolute atomic E-state index is 0.366. The molecule has 2 aromatic rings. The van der Waals surface area contributed by atoms with Gasteiger partial charge in [0.15, 0.2) is 0 Å². The maximum Gasteiger partial charge on any atom is 0.118 e. The lowest BCUT2D eigenvalue weighted by Crippen LogP contribution is -2.20. The van der Waals surface area contributed by atoms with Crippen molar-refractivity contribution in [1.82, 2.24) is 5.32 Å². The monoisotopic (exact) mass is 255 g/mol. The van der Waals surface area contributed by atoms with Crippen molar-refractivity contribution in [1.29, 1.82) is 0 Å². The second-order valence-electron chi connectivity index (χ2n) is 4.82. The summed E-state index contributed by atoms with van der Waals surface area (Å²) in [5, 5.41) is 13.2. The average Bonchev–Trinajstić information content (AvgIpc) is 2.46. The van der Waals surface area contributed by atoms with Gasteiger partial charge in [-0.3, -0.25) is 0 Å². The molecular formula is C17H21NO. The molecule has 0 radical (unpaired) electrons. The number of hydrogen-bond acceptors (Lipinski definition) is 2. The number of benzene rings is 2. The number of rotatable bonds is 6. The van der Waals surface area contributed by atoms with Gasteiger partial charge in [0, 0.05) is 6.04 Å². The number of nitrogens with one attached hydrogen (secondary N) is 1. The summed E-state index contributed by atoms with van der Waals surface area (Å²) in [6, 6.07) is 18.4. The first-order valence-electron chi connectivity index (χ1n) is 6.82. The molecule has 0 spiro atoms. The van der Waals surface area contributed by atoms with Crippen LogP contribution in [0.5, 0.6) is 5.75 Å². The molecule has 2 rings (SSSR count). The van der Waals surface area contributed by atoms with Gasteiger partial charge in [0.2, 0.25) is 0 Å². The van der Waals surface area contributed by atoms with E-state index in [-0.39, 0.29) is 0 Å². The predicted octanol–water partition coefficient (Wildman–Crippen LogP) is 3.68. The first kappa shape index (κ1) is 13.6. The van der Waals surface area contributed by atoms with Crippen molar-refractivity contribution in [2.75, 3.05) is 6.54 Å². The highest BCUT2D eigenvalue weighted by atomic mass is 16.3. The van der Waals surface area contributed by atoms with Crippen LogP contribution in [0.4, 0.5) is 0 Å². The molecule has 0 aromatic heterocycles. The minimum atomic E-state index is 0.366. The van der Waals surface area contributed by atoms with Crippen molar-refractivity contribution in [2.24, 2.45) is 0 Å². The quantitative estimate of drug-likeness (QED) is 0.772. The summed E-state index contributed by atoms with van der Waals surface area (Å²) in [7, 11) is 0. The molecule has 0 heterocycles. The Bertz CT molecular complexity index is 496. The van der Waals surface area contributed by atoms with Gasteiger partial charge >= 0.3 is 0 Å². The van der Waals surface area contributed by atoms with E-state index in [9.17, 15) is 5.11 Å². The second kappa shape index (κ2) is 6.95. The van der Waals surface area contributed by atoms with E-state index >= 15 is 0 Å². The summed E-state index contributed by atoms with van der Waals surface area (Å²) in [5.74, 6) is 0.401. The van der Waals surface area contributed by atoms with Crippen molar-refractivity contribution in [3.05, 3.63) is 65.7 Å². The smallest absolute Gasteiger partial charge is 0.118 e. The zero-order valence-corrected chi connectivity index (χ0v) is 11.3. The third-order valence-corrected chi connectivity index (χ3v) is 3.36. The Kier molecular flexibility index (Phi) is 4.99. The Labute approximate surface area is 115 Å². The number of aromatic hydroxyl groups is 1. The molecule has 2 N–H and O–H groups in total. The first-order valence-corrected chi connectivity index (χ1v) is 6.82. The van der Waals surface area contributed by atoms with E-state index in [4.69, 9.17) is 0 Å². The van der Waals surface area contributed by atoms with E-state index < -0.39 is 0 Å². The topological polar surface area (TPSA) is 32.3 Å². The molecular weight excluding hydrogens is 234 g/mol. The molecule has 0 amide bonds. The minimum Gasteiger partial charge on any atom is -0.508 e. The summed E-state index contributed by atoms with van der Waals surface area (Å²) < 4.78 is 0. The van der Waals surface area contributed by atoms with Gasteiger partial charge in [-0.25, -0.2) is 0 Å². The number of hydrogen-bond donors (Lipinski definition) is 2. The fourth-order valence-electron chi connectivity index (χ4n) is 2.18. The molecule has 19 heavy (non-hydrogen) atoms. The number of aryl methyl sites for hydroxylation is 1. The molecule has 0 aliphatic carbocycles. The van der Waals surface area contributed by atoms with Gasteiger partial charge < -0.3 is 10.4 Å². The highest BCUT2D eigenvalue weighted by molar-refractivity contribution is 5.31. The molecule has 0 aliphatic rings. The Morgan fingerprint density at radius 3 is 2.42 bits per heavy atom. The van der Waals surface area contributed by atoms with Gasteiger partial charge in [0.1, 0.15) is 5.75 Å². The van der Waals surface area contributed by atoms with Crippen LogP contribution in [-0.4, -0.2) is 11.7 Å². The molecule has 0 saturated carbocycles. The second-order valence-corrected chi connectivity index (χ2v) is 4.82. The van der Waals surface area contributed by atoms with Crippen LogP contribution in [0.2, 0.25) is 0 Å². The third kappa shape index (κ3) is 4.11. The van der Waals surface area contributed by atoms with E-state index in [1.165, 1.54) is 5.56 Å². The third-order valence-electron chi connectivity index (χ3n) is 3.36. The molecule has 0 saturated heterocycles. The molecule has 0 bridgehead atoms. The van der Waals surface area contributed by atoms with E-state index in [1.54, 1.807) is 6.07 Å². The molecule has 0 aliphatic heterocycles. The summed E-state index contributed by atoms with van der Waals surface area (Å²) in [6.07, 6.45) is 1.93. The molecule has 2 nitrogen and oxygen atoms in total. The molecule has 2 heteroatoms. The van der Waals surface area contributed by atoms with Crippen LogP contribution in [0.25, 0.3) is 0 Å². The average molecular weight is 255 g/mol. The lowest BCUT2D eigenvalue weighted by atomic mass is 10.1. The predicted molar refractivity (Wildman–Crippen MR) is 79.3 cm³/mol. The first-order chi connectivity index (χ1) is 9.27. The van der Waals surface area contributed by atoms with Gasteiger partial charge in [-0.15, -0.1) is 0 Å². The molecule has 0 unspecified atom stereocenters. The Hall–Kier alpha value is -1.80. The van der Waals surface area contributed by atoms with Crippen molar-refractivity contribution >= 4 is 0 Å². The summed E-state index contributed by atoms with van der Waals surface area (Å²) in [4.78, 5) is 0. The fourth-order valence-corrected chi connectivity index (χ4v) is 2.18. The highest BCUT2D eigenvalue weighted by Gasteiger charge is 2.04. The normalized spacial score (nSPS) is 12.3. The Balaban J connectivity index is 1.74. The van der Waals surface area contributed by atoms with Gasteiger partial charge in [0.05, 0.1) is 0 Å². The van der Waals surface area contributed by atoms with Crippen LogP contribution in [-0.2, 0) is 6.42 Å². The van der Waals surface area contributed by atoms with Crippen molar-refractivity contribution in [3.63, 3.8) is 0 Å². The summed E-state index contributed by atoms with van der Waals surface area (Å²) in [5.41, 5.74) is 2.33. The summed E-state index contributed by atoms with van der Waals surface area (Å²) in [6.45, 7) is 3.12. The molecule has 100 valence electrons. The van der Waals surface area contributed by atoms with Crippen LogP contribution < -0.4 is 5.32 Å². The Morgan fingerprint density at radius 1 is 1.00 bits per heavy atom. The van der Waals surface area contributed by atoms with Crippen LogP contribution >= 0.6 is 0 Å². The van der Waals surface area contributed by atoms with E-state index in [2.05, 4.69) is 36.5 Å². The van der Waals surface area contributed by atoms with Gasteiger partial charge in [-0.2, -0.15) is 0 Å². The van der Waals surface area contributed by atoms with Crippen molar-refractivity contribution in [3.8, 4) is 5.75 Å². The largest absolute Gasteiger partial charge is 0.508 e. The van der Waals surface area contributed by atoms with E-state index in [0.29, 0.717) is 11.8 Å². The number of para-hydroxylation sites is 1. The molecule has 0 fully saturated rings. The van der Waals surface area contributed by atoms with E-state index in [0.717, 1.165) is 24.9 Å².